The molecule has 0 radical (unpaired) electrons. The molecule has 2 amide bonds. The normalized spacial score (nSPS) is 17.0. The minimum Gasteiger partial charge on any atom is -0.415 e. The van der Waals surface area contributed by atoms with E-state index < -0.39 is 115 Å². The molecule has 0 aromatic rings. The van der Waals surface area contributed by atoms with Crippen molar-refractivity contribution in [3.05, 3.63) is 0 Å². The zero-order chi connectivity index (χ0) is 42.4. The maximum absolute atomic E-state index is 15.0. The Labute approximate surface area is 296 Å². The van der Waals surface area contributed by atoms with Gasteiger partial charge in [0.15, 0.2) is 8.32 Å². The highest BCUT2D eigenvalue weighted by atomic mass is 28.4. The molecule has 0 aliphatic rings. The number of carbonyl (C=O) groups excluding carboxylic acids is 2. The van der Waals surface area contributed by atoms with E-state index in [-0.39, 0.29) is 24.0 Å². The molecular weight excluding hydrogens is 808 g/mol. The summed E-state index contributed by atoms with van der Waals surface area (Å²) in [6, 6.07) is 0.150. The van der Waals surface area contributed by atoms with Crippen LogP contribution in [0.3, 0.4) is 0 Å². The van der Waals surface area contributed by atoms with Gasteiger partial charge < -0.3 is 23.4 Å². The summed E-state index contributed by atoms with van der Waals surface area (Å²) in [5, 5.41) is 0. The molecular formula is C27H42F16N2O6Si2. The summed E-state index contributed by atoms with van der Waals surface area (Å²) in [5.74, 6) is -21.8. The number of rotatable bonds is 20. The van der Waals surface area contributed by atoms with E-state index in [1.165, 1.54) is 0 Å². The van der Waals surface area contributed by atoms with Crippen LogP contribution < -0.4 is 0 Å². The van der Waals surface area contributed by atoms with Crippen LogP contribution in [0.25, 0.3) is 0 Å². The number of amides is 2. The predicted molar refractivity (Wildman–Crippen MR) is 158 cm³/mol. The number of ether oxygens (including phenoxy) is 2. The molecule has 0 N–H and O–H groups in total. The Bertz CT molecular complexity index is 1190. The zero-order valence-electron chi connectivity index (χ0n) is 29.7. The van der Waals surface area contributed by atoms with Crippen LogP contribution in [0.4, 0.5) is 70.2 Å². The number of alkyl halides is 16. The molecule has 26 heteroatoms. The molecule has 0 spiro atoms. The second-order valence-electron chi connectivity index (χ2n) is 13.1. The lowest BCUT2D eigenvalue weighted by molar-refractivity contribution is -0.496. The topological polar surface area (TPSA) is 77.5 Å². The summed E-state index contributed by atoms with van der Waals surface area (Å²) in [6.45, 7) is 5.92. The van der Waals surface area contributed by atoms with Crippen molar-refractivity contribution >= 4 is 28.4 Å². The lowest BCUT2D eigenvalue weighted by atomic mass is 10.1. The van der Waals surface area contributed by atoms with Gasteiger partial charge in [-0.25, -0.2) is 0 Å². The fourth-order valence-corrected chi connectivity index (χ4v) is 9.44. The summed E-state index contributed by atoms with van der Waals surface area (Å²) in [7, 11) is -4.46. The third kappa shape index (κ3) is 13.7. The molecule has 0 saturated carbocycles. The smallest absolute Gasteiger partial charge is 0.415 e. The highest BCUT2D eigenvalue weighted by Gasteiger charge is 2.80. The highest BCUT2D eigenvalue weighted by Crippen LogP contribution is 2.51. The quantitative estimate of drug-likeness (QED) is 0.0698. The van der Waals surface area contributed by atoms with Crippen molar-refractivity contribution in [2.75, 3.05) is 40.4 Å². The first-order valence-corrected chi connectivity index (χ1v) is 21.6. The number of nitrogens with zero attached hydrogens (tertiary/aromatic N) is 2. The molecule has 0 aromatic carbocycles. The molecule has 0 saturated heterocycles. The van der Waals surface area contributed by atoms with Gasteiger partial charge in [0, 0.05) is 33.8 Å². The summed E-state index contributed by atoms with van der Waals surface area (Å²) in [4.78, 5) is 24.5. The van der Waals surface area contributed by atoms with E-state index in [2.05, 4.69) is 9.47 Å². The van der Waals surface area contributed by atoms with E-state index in [0.29, 0.717) is 11.9 Å². The maximum atomic E-state index is 15.0. The number of hydrogen-bond acceptors (Lipinski definition) is 6. The molecule has 316 valence electrons. The first kappa shape index (κ1) is 51.1. The van der Waals surface area contributed by atoms with Gasteiger partial charge in [-0.1, -0.05) is 6.92 Å². The molecule has 0 aliphatic carbocycles. The molecule has 0 fully saturated rings. The van der Waals surface area contributed by atoms with E-state index in [1.54, 1.807) is 33.1 Å². The van der Waals surface area contributed by atoms with Crippen LogP contribution in [0.1, 0.15) is 33.1 Å². The summed E-state index contributed by atoms with van der Waals surface area (Å²) >= 11 is 0. The minimum atomic E-state index is -6.75. The molecule has 0 aliphatic heterocycles. The van der Waals surface area contributed by atoms with Gasteiger partial charge in [-0.3, -0.25) is 14.3 Å². The first-order chi connectivity index (χ1) is 23.3. The second kappa shape index (κ2) is 17.9. The Morgan fingerprint density at radius 1 is 0.698 bits per heavy atom. The molecule has 53 heavy (non-hydrogen) atoms. The molecule has 0 aromatic heterocycles. The van der Waals surface area contributed by atoms with Gasteiger partial charge in [-0.05, 0) is 58.4 Å². The Morgan fingerprint density at radius 2 is 1.17 bits per heavy atom. The van der Waals surface area contributed by atoms with E-state index in [4.69, 9.17) is 8.85 Å². The largest absolute Gasteiger partial charge is 0.458 e. The average Bonchev–Trinajstić information content (AvgIpc) is 2.93. The van der Waals surface area contributed by atoms with Gasteiger partial charge >= 0.3 is 42.5 Å². The maximum Gasteiger partial charge on any atom is 0.458 e. The number of carbonyl (C=O) groups is 2. The van der Waals surface area contributed by atoms with Crippen LogP contribution in [0.15, 0.2) is 0 Å². The van der Waals surface area contributed by atoms with Crippen LogP contribution in [0.2, 0.25) is 32.2 Å². The predicted octanol–water partition coefficient (Wildman–Crippen LogP) is 8.29. The number of halogens is 16. The molecule has 8 nitrogen and oxygen atoms in total. The molecule has 3 atom stereocenters. The lowest BCUT2D eigenvalue weighted by Gasteiger charge is -2.38. The third-order valence-electron chi connectivity index (χ3n) is 7.64. The van der Waals surface area contributed by atoms with Crippen LogP contribution >= 0.6 is 0 Å². The summed E-state index contributed by atoms with van der Waals surface area (Å²) in [6.07, 6.45) is -32.9. The van der Waals surface area contributed by atoms with Crippen molar-refractivity contribution < 1.29 is 98.2 Å². The summed E-state index contributed by atoms with van der Waals surface area (Å²) in [5.41, 5.74) is -0.688. The van der Waals surface area contributed by atoms with Gasteiger partial charge in [0.1, 0.15) is 0 Å². The van der Waals surface area contributed by atoms with Gasteiger partial charge in [0.05, 0.1) is 12.3 Å². The highest BCUT2D eigenvalue weighted by molar-refractivity contribution is 6.76. The van der Waals surface area contributed by atoms with Gasteiger partial charge in [0.25, 0.3) is 5.91 Å². The Kier molecular flexibility index (Phi) is 17.3. The fourth-order valence-electron chi connectivity index (χ4n) is 4.36. The second-order valence-corrected chi connectivity index (χ2v) is 21.6. The molecule has 0 bridgehead atoms. The van der Waals surface area contributed by atoms with Crippen LogP contribution in [0, 0.1) is 5.92 Å². The standard InChI is InChI=1S/C27H42F16N2O6Si2/c1-9-14-48-24(35,26(39,40)41)27(42,43)51-21(28,25(36,37)38)20(47)45(4)12-10-15-49-53(7,8)17(2)50-52(5,6)16-11-13-44(3)19(46)18(22(29,30)31)23(32,33)34/h17-18H,9-16H2,1-8H3. The molecule has 0 heterocycles. The lowest BCUT2D eigenvalue weighted by Crippen LogP contribution is -2.65. The van der Waals surface area contributed by atoms with Gasteiger partial charge in [-0.15, -0.1) is 0 Å². The van der Waals surface area contributed by atoms with E-state index >= 15 is 0 Å². The molecule has 0 rings (SSSR count). The van der Waals surface area contributed by atoms with Crippen molar-refractivity contribution in [3.8, 4) is 0 Å². The number of likely N-dealkylation sites (N-methyl/N-ethyl adjacent to an activating group) is 1. The van der Waals surface area contributed by atoms with E-state index in [1.807, 2.05) is 0 Å². The minimum absolute atomic E-state index is 0.0439. The fraction of sp³-hybridized carbons (Fsp3) is 0.926. The van der Waals surface area contributed by atoms with Crippen molar-refractivity contribution in [1.29, 1.82) is 0 Å². The van der Waals surface area contributed by atoms with Crippen molar-refractivity contribution in [1.82, 2.24) is 9.80 Å². The Hall–Kier alpha value is -1.91. The summed E-state index contributed by atoms with van der Waals surface area (Å²) < 4.78 is 234. The SMILES string of the molecule is CCCOC(F)(C(F)(F)F)C(F)(F)OC(F)(C(=O)N(C)CCCO[Si](C)(C)C(C)O[Si](C)(C)CCCN(C)C(=O)C(C(F)(F)F)C(F)(F)F)C(F)(F)F. The van der Waals surface area contributed by atoms with Gasteiger partial charge in [0.2, 0.25) is 20.1 Å². The molecule has 3 unspecified atom stereocenters. The van der Waals surface area contributed by atoms with Crippen molar-refractivity contribution in [2.24, 2.45) is 5.92 Å². The third-order valence-corrected chi connectivity index (χ3v) is 13.4. The Morgan fingerprint density at radius 3 is 1.58 bits per heavy atom. The van der Waals surface area contributed by atoms with Crippen molar-refractivity contribution in [2.45, 2.75) is 114 Å². The van der Waals surface area contributed by atoms with Crippen molar-refractivity contribution in [3.63, 3.8) is 0 Å². The zero-order valence-corrected chi connectivity index (χ0v) is 31.7. The van der Waals surface area contributed by atoms with Crippen LogP contribution in [0.5, 0.6) is 0 Å². The van der Waals surface area contributed by atoms with Crippen LogP contribution in [-0.4, -0.2) is 127 Å². The number of hydrogen-bond donors (Lipinski definition) is 0. The van der Waals surface area contributed by atoms with Crippen LogP contribution in [-0.2, 0) is 27.9 Å². The monoisotopic (exact) mass is 850 g/mol. The average molecular weight is 851 g/mol. The Balaban J connectivity index is 5.46. The van der Waals surface area contributed by atoms with Gasteiger partial charge in [-0.2, -0.15) is 70.2 Å². The van der Waals surface area contributed by atoms with E-state index in [9.17, 15) is 79.8 Å². The first-order valence-electron chi connectivity index (χ1n) is 15.5. The van der Waals surface area contributed by atoms with E-state index in [0.717, 1.165) is 14.0 Å².